The van der Waals surface area contributed by atoms with Crippen molar-refractivity contribution in [2.45, 2.75) is 13.5 Å². The molecular formula is C14H22N2OS. The summed E-state index contributed by atoms with van der Waals surface area (Å²) in [6.45, 7) is 4.13. The number of nitrogens with one attached hydrogen (secondary N) is 2. The lowest BCUT2D eigenvalue weighted by Crippen LogP contribution is -2.22. The number of thioether (sulfide) groups is 1. The van der Waals surface area contributed by atoms with Gasteiger partial charge in [-0.2, -0.15) is 11.8 Å². The van der Waals surface area contributed by atoms with E-state index in [-0.39, 0.29) is 5.91 Å². The predicted octanol–water partition coefficient (Wildman–Crippen LogP) is 2.13. The summed E-state index contributed by atoms with van der Waals surface area (Å²) in [6, 6.07) is 7.72. The van der Waals surface area contributed by atoms with Crippen LogP contribution in [-0.4, -0.2) is 31.5 Å². The first-order valence-corrected chi connectivity index (χ1v) is 7.57. The topological polar surface area (TPSA) is 41.1 Å². The van der Waals surface area contributed by atoms with E-state index in [0.29, 0.717) is 11.5 Å². The van der Waals surface area contributed by atoms with E-state index >= 15 is 0 Å². The SMILES string of the molecule is CNC(=O)c1ccc(CNCC(C)CSC)cc1. The average molecular weight is 266 g/mol. The molecule has 18 heavy (non-hydrogen) atoms. The normalized spacial score (nSPS) is 12.2. The Bertz CT molecular complexity index is 365. The second-order valence-electron chi connectivity index (χ2n) is 4.47. The van der Waals surface area contributed by atoms with E-state index in [2.05, 4.69) is 23.8 Å². The highest BCUT2D eigenvalue weighted by Gasteiger charge is 2.03. The predicted molar refractivity (Wildman–Crippen MR) is 79.1 cm³/mol. The minimum atomic E-state index is -0.0388. The van der Waals surface area contributed by atoms with E-state index in [4.69, 9.17) is 0 Å². The molecule has 0 bridgehead atoms. The van der Waals surface area contributed by atoms with Gasteiger partial charge in [0, 0.05) is 19.2 Å². The lowest BCUT2D eigenvalue weighted by atomic mass is 10.1. The summed E-state index contributed by atoms with van der Waals surface area (Å²) in [6.07, 6.45) is 2.13. The van der Waals surface area contributed by atoms with Gasteiger partial charge in [0.25, 0.3) is 5.91 Å². The van der Waals surface area contributed by atoms with Crippen molar-refractivity contribution < 1.29 is 4.79 Å². The fourth-order valence-electron chi connectivity index (χ4n) is 1.72. The van der Waals surface area contributed by atoms with Crippen molar-refractivity contribution >= 4 is 17.7 Å². The van der Waals surface area contributed by atoms with Crippen LogP contribution in [0.4, 0.5) is 0 Å². The molecule has 1 amide bonds. The lowest BCUT2D eigenvalue weighted by molar-refractivity contribution is 0.0963. The number of hydrogen-bond acceptors (Lipinski definition) is 3. The molecule has 3 nitrogen and oxygen atoms in total. The van der Waals surface area contributed by atoms with Gasteiger partial charge in [-0.05, 0) is 42.2 Å². The Morgan fingerprint density at radius 1 is 1.33 bits per heavy atom. The summed E-state index contributed by atoms with van der Waals surface area (Å²) in [5.74, 6) is 1.83. The van der Waals surface area contributed by atoms with Crippen LogP contribution in [0, 0.1) is 5.92 Å². The number of amides is 1. The van der Waals surface area contributed by atoms with Gasteiger partial charge in [0.2, 0.25) is 0 Å². The van der Waals surface area contributed by atoms with E-state index in [1.54, 1.807) is 7.05 Å². The van der Waals surface area contributed by atoms with E-state index in [9.17, 15) is 4.79 Å². The van der Waals surface area contributed by atoms with Crippen LogP contribution in [0.3, 0.4) is 0 Å². The zero-order valence-corrected chi connectivity index (χ0v) is 12.1. The maximum absolute atomic E-state index is 11.4. The smallest absolute Gasteiger partial charge is 0.251 e. The van der Waals surface area contributed by atoms with Gasteiger partial charge < -0.3 is 10.6 Å². The van der Waals surface area contributed by atoms with Gasteiger partial charge in [-0.3, -0.25) is 4.79 Å². The van der Waals surface area contributed by atoms with Crippen molar-refractivity contribution in [3.63, 3.8) is 0 Å². The molecule has 0 radical (unpaired) electrons. The lowest BCUT2D eigenvalue weighted by Gasteiger charge is -2.11. The number of benzene rings is 1. The van der Waals surface area contributed by atoms with Crippen LogP contribution < -0.4 is 10.6 Å². The molecular weight excluding hydrogens is 244 g/mol. The van der Waals surface area contributed by atoms with Gasteiger partial charge in [0.1, 0.15) is 0 Å². The number of carbonyl (C=O) groups is 1. The van der Waals surface area contributed by atoms with Gasteiger partial charge in [-0.15, -0.1) is 0 Å². The van der Waals surface area contributed by atoms with Gasteiger partial charge in [-0.25, -0.2) is 0 Å². The van der Waals surface area contributed by atoms with Crippen molar-refractivity contribution in [3.8, 4) is 0 Å². The molecule has 1 atom stereocenters. The van der Waals surface area contributed by atoms with E-state index < -0.39 is 0 Å². The third-order valence-corrected chi connectivity index (χ3v) is 3.62. The summed E-state index contributed by atoms with van der Waals surface area (Å²) < 4.78 is 0. The van der Waals surface area contributed by atoms with Crippen LogP contribution in [0.1, 0.15) is 22.8 Å². The van der Waals surface area contributed by atoms with Crippen molar-refractivity contribution in [2.24, 2.45) is 5.92 Å². The minimum Gasteiger partial charge on any atom is -0.355 e. The maximum atomic E-state index is 11.4. The molecule has 0 saturated carbocycles. The highest BCUT2D eigenvalue weighted by Crippen LogP contribution is 2.06. The first kappa shape index (κ1) is 15.1. The fraction of sp³-hybridized carbons (Fsp3) is 0.500. The van der Waals surface area contributed by atoms with Crippen molar-refractivity contribution in [1.82, 2.24) is 10.6 Å². The average Bonchev–Trinajstić information content (AvgIpc) is 2.39. The van der Waals surface area contributed by atoms with E-state index in [1.807, 2.05) is 36.0 Å². The number of rotatable bonds is 7. The molecule has 0 aliphatic rings. The molecule has 1 unspecified atom stereocenters. The van der Waals surface area contributed by atoms with Crippen LogP contribution in [0.2, 0.25) is 0 Å². The Morgan fingerprint density at radius 3 is 2.56 bits per heavy atom. The first-order valence-electron chi connectivity index (χ1n) is 6.18. The molecule has 0 aliphatic heterocycles. The zero-order valence-electron chi connectivity index (χ0n) is 11.3. The maximum Gasteiger partial charge on any atom is 0.251 e. The zero-order chi connectivity index (χ0) is 13.4. The second kappa shape index (κ2) is 8.16. The second-order valence-corrected chi connectivity index (χ2v) is 5.38. The molecule has 0 saturated heterocycles. The summed E-state index contributed by atoms with van der Waals surface area (Å²) in [7, 11) is 1.64. The Hall–Kier alpha value is -1.00. The number of hydrogen-bond donors (Lipinski definition) is 2. The third kappa shape index (κ3) is 5.10. The molecule has 4 heteroatoms. The molecule has 0 aliphatic carbocycles. The van der Waals surface area contributed by atoms with Crippen LogP contribution in [0.15, 0.2) is 24.3 Å². The Balaban J connectivity index is 2.37. The molecule has 0 spiro atoms. The van der Waals surface area contributed by atoms with Crippen LogP contribution in [0.5, 0.6) is 0 Å². The largest absolute Gasteiger partial charge is 0.355 e. The molecule has 0 heterocycles. The van der Waals surface area contributed by atoms with Crippen molar-refractivity contribution in [3.05, 3.63) is 35.4 Å². The number of carbonyl (C=O) groups excluding carboxylic acids is 1. The highest BCUT2D eigenvalue weighted by atomic mass is 32.2. The highest BCUT2D eigenvalue weighted by molar-refractivity contribution is 7.98. The third-order valence-electron chi connectivity index (χ3n) is 2.72. The summed E-state index contributed by atoms with van der Waals surface area (Å²) in [5.41, 5.74) is 1.91. The molecule has 1 rings (SSSR count). The van der Waals surface area contributed by atoms with Gasteiger partial charge in [-0.1, -0.05) is 19.1 Å². The first-order chi connectivity index (χ1) is 8.67. The van der Waals surface area contributed by atoms with Crippen molar-refractivity contribution in [2.75, 3.05) is 25.6 Å². The van der Waals surface area contributed by atoms with E-state index in [0.717, 1.165) is 13.1 Å². The molecule has 2 N–H and O–H groups in total. The molecule has 1 aromatic rings. The Labute approximate surface area is 114 Å². The molecule has 0 aromatic heterocycles. The molecule has 100 valence electrons. The quantitative estimate of drug-likeness (QED) is 0.794. The van der Waals surface area contributed by atoms with Gasteiger partial charge in [0.05, 0.1) is 0 Å². The van der Waals surface area contributed by atoms with Gasteiger partial charge >= 0.3 is 0 Å². The van der Waals surface area contributed by atoms with Crippen LogP contribution >= 0.6 is 11.8 Å². The fourth-order valence-corrected chi connectivity index (χ4v) is 2.41. The Kier molecular flexibility index (Phi) is 6.83. The molecule has 0 fully saturated rings. The molecule has 1 aromatic carbocycles. The summed E-state index contributed by atoms with van der Waals surface area (Å²) in [5, 5.41) is 6.05. The summed E-state index contributed by atoms with van der Waals surface area (Å²) >= 11 is 1.88. The monoisotopic (exact) mass is 266 g/mol. The van der Waals surface area contributed by atoms with Crippen LogP contribution in [-0.2, 0) is 6.54 Å². The van der Waals surface area contributed by atoms with Gasteiger partial charge in [0.15, 0.2) is 0 Å². The summed E-state index contributed by atoms with van der Waals surface area (Å²) in [4.78, 5) is 11.4. The Morgan fingerprint density at radius 2 is 2.00 bits per heavy atom. The van der Waals surface area contributed by atoms with E-state index in [1.165, 1.54) is 11.3 Å². The van der Waals surface area contributed by atoms with Crippen molar-refractivity contribution in [1.29, 1.82) is 0 Å². The minimum absolute atomic E-state index is 0.0388. The van der Waals surface area contributed by atoms with Crippen LogP contribution in [0.25, 0.3) is 0 Å². The standard InChI is InChI=1S/C14H22N2OS/c1-11(10-18-3)8-16-9-12-4-6-13(7-5-12)14(17)15-2/h4-7,11,16H,8-10H2,1-3H3,(H,15,17).